The van der Waals surface area contributed by atoms with Crippen LogP contribution in [-0.2, 0) is 5.54 Å². The maximum absolute atomic E-state index is 6.46. The van der Waals surface area contributed by atoms with Gasteiger partial charge < -0.3 is 15.4 Å². The summed E-state index contributed by atoms with van der Waals surface area (Å²) >= 11 is 0. The molecule has 0 amide bonds. The molecule has 0 spiro atoms. The Hall–Kier alpha value is -1.06. The molecule has 1 saturated heterocycles. The number of piperidine rings is 1. The Kier molecular flexibility index (Phi) is 3.50. The third-order valence-corrected chi connectivity index (χ3v) is 4.63. The number of rotatable bonds is 3. The van der Waals surface area contributed by atoms with Crippen LogP contribution in [0.3, 0.4) is 0 Å². The van der Waals surface area contributed by atoms with E-state index in [2.05, 4.69) is 36.2 Å². The third kappa shape index (κ3) is 2.63. The van der Waals surface area contributed by atoms with Crippen LogP contribution in [0.5, 0.6) is 5.75 Å². The van der Waals surface area contributed by atoms with Crippen molar-refractivity contribution in [1.82, 2.24) is 4.90 Å². The van der Waals surface area contributed by atoms with E-state index in [9.17, 15) is 0 Å². The highest BCUT2D eigenvalue weighted by molar-refractivity contribution is 5.40. The fourth-order valence-electron chi connectivity index (χ4n) is 3.09. The van der Waals surface area contributed by atoms with Crippen molar-refractivity contribution >= 4 is 0 Å². The van der Waals surface area contributed by atoms with E-state index in [-0.39, 0.29) is 5.54 Å². The third-order valence-electron chi connectivity index (χ3n) is 4.63. The Morgan fingerprint density at radius 3 is 2.53 bits per heavy atom. The van der Waals surface area contributed by atoms with E-state index in [1.807, 2.05) is 0 Å². The maximum atomic E-state index is 6.46. The molecule has 3 rings (SSSR count). The summed E-state index contributed by atoms with van der Waals surface area (Å²) in [4.78, 5) is 2.36. The van der Waals surface area contributed by atoms with Gasteiger partial charge in [-0.15, -0.1) is 0 Å². The second kappa shape index (κ2) is 5.14. The van der Waals surface area contributed by atoms with Gasteiger partial charge in [-0.1, -0.05) is 18.2 Å². The van der Waals surface area contributed by atoms with Crippen LogP contribution in [-0.4, -0.2) is 31.1 Å². The largest absolute Gasteiger partial charge is 0.490 e. The van der Waals surface area contributed by atoms with Crippen LogP contribution >= 0.6 is 0 Å². The predicted octanol–water partition coefficient (Wildman–Crippen LogP) is 2.50. The van der Waals surface area contributed by atoms with Gasteiger partial charge in [-0.3, -0.25) is 0 Å². The van der Waals surface area contributed by atoms with Gasteiger partial charge in [0.15, 0.2) is 0 Å². The van der Waals surface area contributed by atoms with Gasteiger partial charge in [0.25, 0.3) is 0 Å². The summed E-state index contributed by atoms with van der Waals surface area (Å²) in [6, 6.07) is 8.35. The van der Waals surface area contributed by atoms with Gasteiger partial charge in [0.2, 0.25) is 0 Å². The zero-order valence-electron chi connectivity index (χ0n) is 11.8. The van der Waals surface area contributed by atoms with Gasteiger partial charge >= 0.3 is 0 Å². The first kappa shape index (κ1) is 12.9. The van der Waals surface area contributed by atoms with E-state index in [1.54, 1.807) is 0 Å². The number of ether oxygens (including phenoxy) is 1. The fraction of sp³-hybridized carbons (Fsp3) is 0.625. The van der Waals surface area contributed by atoms with Crippen molar-refractivity contribution in [2.45, 2.75) is 43.7 Å². The van der Waals surface area contributed by atoms with Crippen LogP contribution in [0.1, 0.15) is 37.7 Å². The molecule has 3 nitrogen and oxygen atoms in total. The lowest BCUT2D eigenvalue weighted by Crippen LogP contribution is -2.44. The summed E-state index contributed by atoms with van der Waals surface area (Å²) in [6.45, 7) is 2.25. The molecule has 0 aromatic heterocycles. The molecular formula is C16H24N2O. The summed E-state index contributed by atoms with van der Waals surface area (Å²) in [5, 5.41) is 0. The first-order valence-electron chi connectivity index (χ1n) is 7.41. The number of para-hydroxylation sites is 1. The molecule has 1 aromatic carbocycles. The summed E-state index contributed by atoms with van der Waals surface area (Å²) in [5.74, 6) is 1.01. The molecule has 1 heterocycles. The smallest absolute Gasteiger partial charge is 0.124 e. The van der Waals surface area contributed by atoms with E-state index in [4.69, 9.17) is 10.5 Å². The van der Waals surface area contributed by atoms with E-state index in [0.717, 1.165) is 44.5 Å². The number of benzene rings is 1. The van der Waals surface area contributed by atoms with Gasteiger partial charge in [-0.05, 0) is 45.2 Å². The van der Waals surface area contributed by atoms with E-state index >= 15 is 0 Å². The van der Waals surface area contributed by atoms with Crippen molar-refractivity contribution in [1.29, 1.82) is 0 Å². The number of likely N-dealkylation sites (tertiary alicyclic amines) is 1. The minimum absolute atomic E-state index is 0.137. The highest BCUT2D eigenvalue weighted by Crippen LogP contribution is 2.43. The molecule has 1 saturated carbocycles. The second-order valence-electron chi connectivity index (χ2n) is 6.13. The van der Waals surface area contributed by atoms with Crippen molar-refractivity contribution in [2.24, 2.45) is 5.73 Å². The first-order chi connectivity index (χ1) is 9.17. The number of hydrogen-bond donors (Lipinski definition) is 1. The van der Waals surface area contributed by atoms with Crippen LogP contribution in [0.25, 0.3) is 0 Å². The molecule has 0 atom stereocenters. The molecule has 3 heteroatoms. The van der Waals surface area contributed by atoms with Gasteiger partial charge in [-0.25, -0.2) is 0 Å². The highest BCUT2D eigenvalue weighted by Gasteiger charge is 2.37. The monoisotopic (exact) mass is 260 g/mol. The lowest BCUT2D eigenvalue weighted by molar-refractivity contribution is 0.109. The molecule has 0 bridgehead atoms. The zero-order valence-corrected chi connectivity index (χ0v) is 11.8. The molecule has 1 aromatic rings. The van der Waals surface area contributed by atoms with Gasteiger partial charge in [-0.2, -0.15) is 0 Å². The Balaban J connectivity index is 1.74. The quantitative estimate of drug-likeness (QED) is 0.907. The van der Waals surface area contributed by atoms with E-state index in [0.29, 0.717) is 6.10 Å². The van der Waals surface area contributed by atoms with Crippen LogP contribution in [0.4, 0.5) is 0 Å². The van der Waals surface area contributed by atoms with E-state index < -0.39 is 0 Å². The molecular weight excluding hydrogens is 236 g/mol. The molecule has 19 heavy (non-hydrogen) atoms. The molecule has 104 valence electrons. The Labute approximate surface area is 115 Å². The Bertz CT molecular complexity index is 434. The second-order valence-corrected chi connectivity index (χ2v) is 6.13. The lowest BCUT2D eigenvalue weighted by Gasteiger charge is -2.40. The van der Waals surface area contributed by atoms with Crippen molar-refractivity contribution in [2.75, 3.05) is 20.1 Å². The fourth-order valence-corrected chi connectivity index (χ4v) is 3.09. The van der Waals surface area contributed by atoms with Gasteiger partial charge in [0, 0.05) is 24.2 Å². The minimum atomic E-state index is -0.137. The normalized spacial score (nSPS) is 23.9. The first-order valence-corrected chi connectivity index (χ1v) is 7.41. The van der Waals surface area contributed by atoms with Gasteiger partial charge in [0.1, 0.15) is 11.9 Å². The number of hydrogen-bond acceptors (Lipinski definition) is 3. The predicted molar refractivity (Wildman–Crippen MR) is 77.3 cm³/mol. The molecule has 1 aliphatic carbocycles. The molecule has 0 unspecified atom stereocenters. The van der Waals surface area contributed by atoms with Crippen molar-refractivity contribution in [3.8, 4) is 5.75 Å². The Morgan fingerprint density at radius 1 is 1.21 bits per heavy atom. The van der Waals surface area contributed by atoms with Crippen LogP contribution < -0.4 is 10.5 Å². The van der Waals surface area contributed by atoms with Crippen LogP contribution in [0.2, 0.25) is 0 Å². The van der Waals surface area contributed by atoms with Crippen molar-refractivity contribution in [3.63, 3.8) is 0 Å². The minimum Gasteiger partial charge on any atom is -0.490 e. The average Bonchev–Trinajstić information content (AvgIpc) is 2.39. The van der Waals surface area contributed by atoms with E-state index in [1.165, 1.54) is 12.0 Å². The van der Waals surface area contributed by atoms with Crippen LogP contribution in [0, 0.1) is 0 Å². The lowest BCUT2D eigenvalue weighted by atomic mass is 9.72. The number of nitrogens with zero attached hydrogens (tertiary/aromatic N) is 1. The van der Waals surface area contributed by atoms with Crippen molar-refractivity contribution in [3.05, 3.63) is 29.8 Å². The number of nitrogens with two attached hydrogens (primary N) is 1. The highest BCUT2D eigenvalue weighted by atomic mass is 16.5. The van der Waals surface area contributed by atoms with Crippen molar-refractivity contribution < 1.29 is 4.74 Å². The van der Waals surface area contributed by atoms with Gasteiger partial charge in [0.05, 0.1) is 0 Å². The molecule has 2 fully saturated rings. The summed E-state index contributed by atoms with van der Waals surface area (Å²) in [7, 11) is 2.17. The SMILES string of the molecule is CN1CCC(Oc2ccccc2C2(N)CCC2)CC1. The summed E-state index contributed by atoms with van der Waals surface area (Å²) < 4.78 is 6.25. The van der Waals surface area contributed by atoms with Crippen LogP contribution in [0.15, 0.2) is 24.3 Å². The Morgan fingerprint density at radius 2 is 1.89 bits per heavy atom. The molecule has 0 radical (unpaired) electrons. The standard InChI is InChI=1S/C16H24N2O/c1-18-11-7-13(8-12-18)19-15-6-3-2-5-14(15)16(17)9-4-10-16/h2-3,5-6,13H,4,7-12,17H2,1H3. The average molecular weight is 260 g/mol. The molecule has 2 aliphatic rings. The zero-order chi connectivity index (χ0) is 13.3. The maximum Gasteiger partial charge on any atom is 0.124 e. The summed E-state index contributed by atoms with van der Waals surface area (Å²) in [5.41, 5.74) is 7.54. The molecule has 1 aliphatic heterocycles. The summed E-state index contributed by atoms with van der Waals surface area (Å²) in [6.07, 6.45) is 5.98. The molecule has 2 N–H and O–H groups in total. The topological polar surface area (TPSA) is 38.5 Å².